The molecule has 3 aromatic rings. The van der Waals surface area contributed by atoms with Gasteiger partial charge in [-0.2, -0.15) is 4.98 Å². The molecule has 6 nitrogen and oxygen atoms in total. The van der Waals surface area contributed by atoms with Crippen LogP contribution >= 0.6 is 0 Å². The highest BCUT2D eigenvalue weighted by Gasteiger charge is 2.20. The number of rotatable bonds is 5. The lowest BCUT2D eigenvalue weighted by molar-refractivity contribution is -0.122. The lowest BCUT2D eigenvalue weighted by atomic mass is 9.95. The van der Waals surface area contributed by atoms with Crippen molar-refractivity contribution in [3.63, 3.8) is 0 Å². The van der Waals surface area contributed by atoms with E-state index in [0.717, 1.165) is 29.8 Å². The number of benzene rings is 1. The van der Waals surface area contributed by atoms with Gasteiger partial charge in [0.05, 0.1) is 5.56 Å². The highest BCUT2D eigenvalue weighted by atomic mass is 19.1. The minimum absolute atomic E-state index is 0.0304. The first-order valence-corrected chi connectivity index (χ1v) is 10.1. The van der Waals surface area contributed by atoms with E-state index in [9.17, 15) is 9.18 Å². The zero-order valence-electron chi connectivity index (χ0n) is 16.7. The Morgan fingerprint density at radius 3 is 2.66 bits per heavy atom. The third-order valence-corrected chi connectivity index (χ3v) is 5.60. The molecular formula is C22H25FN4O2. The van der Waals surface area contributed by atoms with E-state index in [2.05, 4.69) is 15.5 Å². The highest BCUT2D eigenvalue weighted by molar-refractivity contribution is 5.77. The van der Waals surface area contributed by atoms with Gasteiger partial charge in [0.15, 0.2) is 0 Å². The summed E-state index contributed by atoms with van der Waals surface area (Å²) in [6.45, 7) is 4.17. The number of carbonyl (C=O) groups is 1. The number of amides is 1. The molecule has 152 valence electrons. The van der Waals surface area contributed by atoms with E-state index in [1.54, 1.807) is 12.1 Å². The van der Waals surface area contributed by atoms with Gasteiger partial charge in [-0.1, -0.05) is 24.4 Å². The van der Waals surface area contributed by atoms with E-state index >= 15 is 0 Å². The summed E-state index contributed by atoms with van der Waals surface area (Å²) >= 11 is 0. The highest BCUT2D eigenvalue weighted by Crippen LogP contribution is 2.28. The molecule has 1 amide bonds. The summed E-state index contributed by atoms with van der Waals surface area (Å²) < 4.78 is 20.5. The summed E-state index contributed by atoms with van der Waals surface area (Å²) in [5.74, 6) is 0.506. The van der Waals surface area contributed by atoms with Crippen molar-refractivity contribution in [2.24, 2.45) is 0 Å². The molecule has 1 aromatic carbocycles. The van der Waals surface area contributed by atoms with E-state index in [4.69, 9.17) is 4.52 Å². The van der Waals surface area contributed by atoms with Crippen molar-refractivity contribution in [1.82, 2.24) is 20.0 Å². The van der Waals surface area contributed by atoms with E-state index in [0.29, 0.717) is 23.3 Å². The van der Waals surface area contributed by atoms with Crippen LogP contribution in [-0.2, 0) is 11.3 Å². The molecule has 7 heteroatoms. The number of aryl methyl sites for hydroxylation is 1. The monoisotopic (exact) mass is 396 g/mol. The fourth-order valence-electron chi connectivity index (χ4n) is 3.97. The average molecular weight is 396 g/mol. The molecule has 1 aliphatic rings. The standard InChI is InChI=1S/C22H25FN4O2/c1-14-12-19(22-25-21(26-29-22)16-8-10-17(23)11-9-16)15(2)27(14)13-20(28)24-18-6-4-3-5-7-18/h8-12,18H,3-7,13H2,1-2H3,(H,24,28). The van der Waals surface area contributed by atoms with Crippen molar-refractivity contribution in [1.29, 1.82) is 0 Å². The molecule has 1 fully saturated rings. The Labute approximate surface area is 169 Å². The van der Waals surface area contributed by atoms with Gasteiger partial charge in [0.1, 0.15) is 12.4 Å². The van der Waals surface area contributed by atoms with Crippen LogP contribution in [0.5, 0.6) is 0 Å². The maximum Gasteiger partial charge on any atom is 0.260 e. The first kappa shape index (κ1) is 19.4. The molecule has 0 bridgehead atoms. The van der Waals surface area contributed by atoms with Crippen molar-refractivity contribution in [3.8, 4) is 22.8 Å². The number of nitrogens with zero attached hydrogens (tertiary/aromatic N) is 3. The normalized spacial score (nSPS) is 14.9. The minimum Gasteiger partial charge on any atom is -0.352 e. The van der Waals surface area contributed by atoms with Gasteiger partial charge < -0.3 is 14.4 Å². The summed E-state index contributed by atoms with van der Waals surface area (Å²) in [6, 6.07) is 8.20. The summed E-state index contributed by atoms with van der Waals surface area (Å²) in [5.41, 5.74) is 3.34. The maximum atomic E-state index is 13.1. The fourth-order valence-corrected chi connectivity index (χ4v) is 3.97. The molecule has 0 radical (unpaired) electrons. The van der Waals surface area contributed by atoms with Gasteiger partial charge >= 0.3 is 0 Å². The first-order valence-electron chi connectivity index (χ1n) is 10.1. The third-order valence-electron chi connectivity index (χ3n) is 5.60. The third kappa shape index (κ3) is 4.23. The number of carbonyl (C=O) groups excluding carboxylic acids is 1. The summed E-state index contributed by atoms with van der Waals surface area (Å²) in [7, 11) is 0. The van der Waals surface area contributed by atoms with Crippen LogP contribution in [0, 0.1) is 19.7 Å². The minimum atomic E-state index is -0.312. The van der Waals surface area contributed by atoms with E-state index in [1.165, 1.54) is 31.4 Å². The van der Waals surface area contributed by atoms with Crippen molar-refractivity contribution >= 4 is 5.91 Å². The van der Waals surface area contributed by atoms with Crippen molar-refractivity contribution in [3.05, 3.63) is 47.5 Å². The predicted molar refractivity (Wildman–Crippen MR) is 108 cm³/mol. The Bertz CT molecular complexity index is 1000. The second kappa shape index (κ2) is 8.19. The van der Waals surface area contributed by atoms with Gasteiger partial charge in [-0.15, -0.1) is 0 Å². The zero-order chi connectivity index (χ0) is 20.4. The lowest BCUT2D eigenvalue weighted by Gasteiger charge is -2.23. The van der Waals surface area contributed by atoms with E-state index in [1.807, 2.05) is 24.5 Å². The van der Waals surface area contributed by atoms with Gasteiger partial charge in [-0.25, -0.2) is 4.39 Å². The lowest BCUT2D eigenvalue weighted by Crippen LogP contribution is -2.38. The maximum absolute atomic E-state index is 13.1. The van der Waals surface area contributed by atoms with Crippen LogP contribution in [0.15, 0.2) is 34.9 Å². The Hall–Kier alpha value is -2.96. The Morgan fingerprint density at radius 1 is 1.21 bits per heavy atom. The molecule has 0 saturated heterocycles. The molecule has 2 aromatic heterocycles. The van der Waals surface area contributed by atoms with Gasteiger partial charge in [0.2, 0.25) is 11.7 Å². The molecule has 1 saturated carbocycles. The molecule has 0 aliphatic heterocycles. The molecular weight excluding hydrogens is 371 g/mol. The van der Waals surface area contributed by atoms with E-state index in [-0.39, 0.29) is 18.3 Å². The van der Waals surface area contributed by atoms with Crippen molar-refractivity contribution in [2.75, 3.05) is 0 Å². The van der Waals surface area contributed by atoms with Gasteiger partial charge in [0.25, 0.3) is 5.89 Å². The van der Waals surface area contributed by atoms with Crippen LogP contribution in [-0.4, -0.2) is 26.7 Å². The SMILES string of the molecule is Cc1cc(-c2nc(-c3ccc(F)cc3)no2)c(C)n1CC(=O)NC1CCCCC1. The molecule has 1 N–H and O–H groups in total. The fraction of sp³-hybridized carbons (Fsp3) is 0.409. The van der Waals surface area contributed by atoms with Crippen LogP contribution in [0.3, 0.4) is 0 Å². The van der Waals surface area contributed by atoms with E-state index < -0.39 is 0 Å². The number of aromatic nitrogens is 3. The largest absolute Gasteiger partial charge is 0.352 e. The smallest absolute Gasteiger partial charge is 0.260 e. The average Bonchev–Trinajstić information content (AvgIpc) is 3.30. The number of hydrogen-bond acceptors (Lipinski definition) is 4. The molecule has 2 heterocycles. The van der Waals surface area contributed by atoms with Crippen LogP contribution in [0.25, 0.3) is 22.8 Å². The van der Waals surface area contributed by atoms with Crippen LogP contribution < -0.4 is 5.32 Å². The summed E-state index contributed by atoms with van der Waals surface area (Å²) in [4.78, 5) is 17.0. The summed E-state index contributed by atoms with van der Waals surface area (Å²) in [5, 5.41) is 7.17. The first-order chi connectivity index (χ1) is 14.0. The van der Waals surface area contributed by atoms with Crippen molar-refractivity contribution in [2.45, 2.75) is 58.5 Å². The van der Waals surface area contributed by atoms with Gasteiger partial charge in [-0.3, -0.25) is 4.79 Å². The molecule has 29 heavy (non-hydrogen) atoms. The zero-order valence-corrected chi connectivity index (χ0v) is 16.7. The Balaban J connectivity index is 1.51. The van der Waals surface area contributed by atoms with Crippen LogP contribution in [0.1, 0.15) is 43.5 Å². The molecule has 4 rings (SSSR count). The second-order valence-corrected chi connectivity index (χ2v) is 7.70. The second-order valence-electron chi connectivity index (χ2n) is 7.70. The van der Waals surface area contributed by atoms with Gasteiger partial charge in [0, 0.05) is 23.0 Å². The van der Waals surface area contributed by atoms with Crippen LogP contribution in [0.2, 0.25) is 0 Å². The van der Waals surface area contributed by atoms with Crippen LogP contribution in [0.4, 0.5) is 4.39 Å². The molecule has 0 unspecified atom stereocenters. The Kier molecular flexibility index (Phi) is 5.47. The molecule has 0 spiro atoms. The number of nitrogens with one attached hydrogen (secondary N) is 1. The topological polar surface area (TPSA) is 73.0 Å². The quantitative estimate of drug-likeness (QED) is 0.693. The molecule has 1 aliphatic carbocycles. The molecule has 0 atom stereocenters. The number of halogens is 1. The van der Waals surface area contributed by atoms with Gasteiger partial charge in [-0.05, 0) is 57.0 Å². The van der Waals surface area contributed by atoms with Crippen molar-refractivity contribution < 1.29 is 13.7 Å². The predicted octanol–water partition coefficient (Wildman–Crippen LogP) is 4.41. The number of hydrogen-bond donors (Lipinski definition) is 1. The summed E-state index contributed by atoms with van der Waals surface area (Å²) in [6.07, 6.45) is 5.76. The Morgan fingerprint density at radius 2 is 1.93 bits per heavy atom.